The highest BCUT2D eigenvalue weighted by molar-refractivity contribution is 7.99. The smallest absolute Gasteiger partial charge is 0.0441 e. The van der Waals surface area contributed by atoms with Crippen LogP contribution >= 0.6 is 23.4 Å². The number of halogens is 1. The molecule has 0 aliphatic carbocycles. The Balaban J connectivity index is 2.61. The summed E-state index contributed by atoms with van der Waals surface area (Å²) in [5.41, 5.74) is 6.98. The van der Waals surface area contributed by atoms with Crippen LogP contribution in [0.3, 0.4) is 0 Å². The minimum absolute atomic E-state index is 0.401. The Hall–Kier alpha value is -0.180. The average Bonchev–Trinajstić information content (AvgIpc) is 2.26. The van der Waals surface area contributed by atoms with Crippen molar-refractivity contribution in [1.82, 2.24) is 0 Å². The standard InChI is InChI=1S/C12H18ClNS/c1-2-15-8-7-10(9-14)11-5-3-4-6-12(11)13/h3-6,10H,2,7-9,14H2,1H3. The van der Waals surface area contributed by atoms with Crippen LogP contribution in [-0.2, 0) is 0 Å². The van der Waals surface area contributed by atoms with Crippen molar-refractivity contribution in [2.75, 3.05) is 18.1 Å². The molecule has 0 saturated carbocycles. The van der Waals surface area contributed by atoms with Gasteiger partial charge in [-0.15, -0.1) is 0 Å². The van der Waals surface area contributed by atoms with Gasteiger partial charge < -0.3 is 5.73 Å². The summed E-state index contributed by atoms with van der Waals surface area (Å²) in [7, 11) is 0. The molecule has 1 nitrogen and oxygen atoms in total. The molecule has 1 aromatic rings. The molecule has 3 heteroatoms. The zero-order chi connectivity index (χ0) is 11.1. The van der Waals surface area contributed by atoms with Crippen molar-refractivity contribution >= 4 is 23.4 Å². The summed E-state index contributed by atoms with van der Waals surface area (Å²) in [6.07, 6.45) is 1.11. The molecule has 0 fully saturated rings. The Morgan fingerprint density at radius 2 is 2.13 bits per heavy atom. The maximum Gasteiger partial charge on any atom is 0.0441 e. The molecule has 0 bridgehead atoms. The molecule has 0 aliphatic rings. The van der Waals surface area contributed by atoms with E-state index >= 15 is 0 Å². The van der Waals surface area contributed by atoms with E-state index in [9.17, 15) is 0 Å². The van der Waals surface area contributed by atoms with Crippen molar-refractivity contribution in [2.45, 2.75) is 19.3 Å². The third kappa shape index (κ3) is 4.06. The Bertz CT molecular complexity index is 291. The van der Waals surface area contributed by atoms with Crippen molar-refractivity contribution in [1.29, 1.82) is 0 Å². The van der Waals surface area contributed by atoms with Gasteiger partial charge in [0.1, 0.15) is 0 Å². The first-order valence-electron chi connectivity index (χ1n) is 5.31. The van der Waals surface area contributed by atoms with Gasteiger partial charge >= 0.3 is 0 Å². The van der Waals surface area contributed by atoms with Gasteiger partial charge in [0, 0.05) is 5.02 Å². The summed E-state index contributed by atoms with van der Waals surface area (Å²) < 4.78 is 0. The fraction of sp³-hybridized carbons (Fsp3) is 0.500. The number of hydrogen-bond donors (Lipinski definition) is 1. The van der Waals surface area contributed by atoms with Gasteiger partial charge in [-0.25, -0.2) is 0 Å². The quantitative estimate of drug-likeness (QED) is 0.774. The molecule has 1 atom stereocenters. The lowest BCUT2D eigenvalue weighted by Crippen LogP contribution is -2.13. The zero-order valence-corrected chi connectivity index (χ0v) is 10.7. The monoisotopic (exact) mass is 243 g/mol. The summed E-state index contributed by atoms with van der Waals surface area (Å²) in [5.74, 6) is 2.72. The molecular formula is C12H18ClNS. The van der Waals surface area contributed by atoms with Crippen LogP contribution in [0.1, 0.15) is 24.8 Å². The Labute approximate surface area is 101 Å². The second-order valence-electron chi connectivity index (χ2n) is 3.44. The van der Waals surface area contributed by atoms with Crippen LogP contribution in [0.5, 0.6) is 0 Å². The SMILES string of the molecule is CCSCCC(CN)c1ccccc1Cl. The van der Waals surface area contributed by atoms with Crippen molar-refractivity contribution in [2.24, 2.45) is 5.73 Å². The molecule has 84 valence electrons. The molecule has 2 N–H and O–H groups in total. The predicted octanol–water partition coefficient (Wildman–Crippen LogP) is 3.53. The van der Waals surface area contributed by atoms with Crippen LogP contribution in [0, 0.1) is 0 Å². The molecule has 1 unspecified atom stereocenters. The van der Waals surface area contributed by atoms with Crippen LogP contribution in [-0.4, -0.2) is 18.1 Å². The summed E-state index contributed by atoms with van der Waals surface area (Å²) in [5, 5.41) is 0.842. The summed E-state index contributed by atoms with van der Waals surface area (Å²) in [4.78, 5) is 0. The first-order chi connectivity index (χ1) is 7.29. The predicted molar refractivity (Wildman–Crippen MR) is 70.9 cm³/mol. The first kappa shape index (κ1) is 12.9. The van der Waals surface area contributed by atoms with E-state index in [1.54, 1.807) is 0 Å². The minimum atomic E-state index is 0.401. The highest BCUT2D eigenvalue weighted by Crippen LogP contribution is 2.27. The molecule has 0 aliphatic heterocycles. The molecule has 0 saturated heterocycles. The van der Waals surface area contributed by atoms with E-state index < -0.39 is 0 Å². The van der Waals surface area contributed by atoms with Crippen LogP contribution < -0.4 is 5.73 Å². The normalized spacial score (nSPS) is 12.7. The molecular weight excluding hydrogens is 226 g/mol. The summed E-state index contributed by atoms with van der Waals surface area (Å²) in [6.45, 7) is 2.85. The zero-order valence-electron chi connectivity index (χ0n) is 9.08. The van der Waals surface area contributed by atoms with E-state index in [0.717, 1.165) is 17.2 Å². The molecule has 1 aromatic carbocycles. The first-order valence-corrected chi connectivity index (χ1v) is 6.85. The third-order valence-electron chi connectivity index (χ3n) is 2.44. The molecule has 0 spiro atoms. The largest absolute Gasteiger partial charge is 0.330 e. The van der Waals surface area contributed by atoms with E-state index in [2.05, 4.69) is 13.0 Å². The Morgan fingerprint density at radius 1 is 1.40 bits per heavy atom. The fourth-order valence-corrected chi connectivity index (χ4v) is 2.61. The summed E-state index contributed by atoms with van der Waals surface area (Å²) in [6, 6.07) is 8.00. The van der Waals surface area contributed by atoms with Gasteiger partial charge in [0.05, 0.1) is 0 Å². The highest BCUT2D eigenvalue weighted by Gasteiger charge is 2.12. The third-order valence-corrected chi connectivity index (χ3v) is 3.72. The fourth-order valence-electron chi connectivity index (χ4n) is 1.58. The molecule has 0 heterocycles. The van der Waals surface area contributed by atoms with Gasteiger partial charge in [-0.2, -0.15) is 11.8 Å². The molecule has 0 amide bonds. The number of rotatable bonds is 6. The van der Waals surface area contributed by atoms with Gasteiger partial charge in [0.2, 0.25) is 0 Å². The van der Waals surface area contributed by atoms with Crippen molar-refractivity contribution in [3.63, 3.8) is 0 Å². The second-order valence-corrected chi connectivity index (χ2v) is 5.24. The lowest BCUT2D eigenvalue weighted by Gasteiger charge is -2.16. The van der Waals surface area contributed by atoms with Gasteiger partial charge in [0.15, 0.2) is 0 Å². The van der Waals surface area contributed by atoms with E-state index in [-0.39, 0.29) is 0 Å². The van der Waals surface area contributed by atoms with Crippen molar-refractivity contribution in [3.05, 3.63) is 34.9 Å². The number of nitrogens with two attached hydrogens (primary N) is 1. The number of benzene rings is 1. The minimum Gasteiger partial charge on any atom is -0.330 e. The van der Waals surface area contributed by atoms with Gasteiger partial charge in [-0.1, -0.05) is 36.7 Å². The second kappa shape index (κ2) is 7.15. The van der Waals surface area contributed by atoms with Crippen LogP contribution in [0.15, 0.2) is 24.3 Å². The highest BCUT2D eigenvalue weighted by atomic mass is 35.5. The van der Waals surface area contributed by atoms with Gasteiger partial charge in [-0.05, 0) is 42.0 Å². The molecule has 15 heavy (non-hydrogen) atoms. The molecule has 1 rings (SSSR count). The van der Waals surface area contributed by atoms with Crippen LogP contribution in [0.25, 0.3) is 0 Å². The van der Waals surface area contributed by atoms with Gasteiger partial charge in [-0.3, -0.25) is 0 Å². The molecule has 0 aromatic heterocycles. The Kier molecular flexibility index (Phi) is 6.15. The van der Waals surface area contributed by atoms with E-state index in [4.69, 9.17) is 17.3 Å². The Morgan fingerprint density at radius 3 is 2.73 bits per heavy atom. The maximum atomic E-state index is 6.15. The lowest BCUT2D eigenvalue weighted by molar-refractivity contribution is 0.680. The topological polar surface area (TPSA) is 26.0 Å². The summed E-state index contributed by atoms with van der Waals surface area (Å²) >= 11 is 8.10. The van der Waals surface area contributed by atoms with Gasteiger partial charge in [0.25, 0.3) is 0 Å². The maximum absolute atomic E-state index is 6.15. The van der Waals surface area contributed by atoms with Crippen molar-refractivity contribution in [3.8, 4) is 0 Å². The number of hydrogen-bond acceptors (Lipinski definition) is 2. The van der Waals surface area contributed by atoms with Crippen molar-refractivity contribution < 1.29 is 0 Å². The van der Waals surface area contributed by atoms with Crippen LogP contribution in [0.2, 0.25) is 5.02 Å². The van der Waals surface area contributed by atoms with E-state index in [0.29, 0.717) is 12.5 Å². The van der Waals surface area contributed by atoms with E-state index in [1.165, 1.54) is 11.3 Å². The van der Waals surface area contributed by atoms with E-state index in [1.807, 2.05) is 30.0 Å². The van der Waals surface area contributed by atoms with Crippen LogP contribution in [0.4, 0.5) is 0 Å². The lowest BCUT2D eigenvalue weighted by atomic mass is 9.97. The number of thioether (sulfide) groups is 1. The average molecular weight is 244 g/mol. The molecule has 0 radical (unpaired) electrons.